The van der Waals surface area contributed by atoms with Crippen molar-refractivity contribution in [2.24, 2.45) is 0 Å². The van der Waals surface area contributed by atoms with Crippen molar-refractivity contribution in [2.75, 3.05) is 10.6 Å². The summed E-state index contributed by atoms with van der Waals surface area (Å²) in [5.41, 5.74) is 3.38. The lowest BCUT2D eigenvalue weighted by Gasteiger charge is -2.16. The highest BCUT2D eigenvalue weighted by molar-refractivity contribution is 7.13. The molecule has 0 radical (unpaired) electrons. The van der Waals surface area contributed by atoms with Crippen LogP contribution in [-0.2, 0) is 6.54 Å². The van der Waals surface area contributed by atoms with E-state index < -0.39 is 11.7 Å². The molecule has 5 rings (SSSR count). The molecule has 0 bridgehead atoms. The molecule has 170 valence electrons. The zero-order valence-electron chi connectivity index (χ0n) is 18.4. The summed E-state index contributed by atoms with van der Waals surface area (Å²) in [7, 11) is 0. The molecule has 5 aromatic rings. The van der Waals surface area contributed by atoms with Crippen LogP contribution in [0.3, 0.4) is 0 Å². The largest absolute Gasteiger partial charge is 0.338 e. The van der Waals surface area contributed by atoms with Crippen molar-refractivity contribution in [1.82, 2.24) is 13.9 Å². The van der Waals surface area contributed by atoms with Gasteiger partial charge in [-0.1, -0.05) is 18.2 Å². The number of hydrogen-bond donors (Lipinski definition) is 2. The van der Waals surface area contributed by atoms with Gasteiger partial charge in [0.25, 0.3) is 11.5 Å². The summed E-state index contributed by atoms with van der Waals surface area (Å²) in [4.78, 5) is 30.3. The second kappa shape index (κ2) is 8.68. The van der Waals surface area contributed by atoms with E-state index in [0.717, 1.165) is 22.8 Å². The Kier molecular flexibility index (Phi) is 5.54. The maximum atomic E-state index is 13.8. The number of pyridine rings is 2. The quantitative estimate of drug-likeness (QED) is 0.353. The van der Waals surface area contributed by atoms with Gasteiger partial charge in [0.1, 0.15) is 11.5 Å². The molecule has 0 fully saturated rings. The summed E-state index contributed by atoms with van der Waals surface area (Å²) >= 11 is 1.13. The van der Waals surface area contributed by atoms with E-state index in [1.807, 2.05) is 38.1 Å². The molecule has 0 atom stereocenters. The summed E-state index contributed by atoms with van der Waals surface area (Å²) < 4.78 is 20.4. The van der Waals surface area contributed by atoms with Crippen molar-refractivity contribution in [3.8, 4) is 0 Å². The van der Waals surface area contributed by atoms with Gasteiger partial charge in [-0.2, -0.15) is 4.37 Å². The molecule has 0 aliphatic rings. The lowest BCUT2D eigenvalue weighted by molar-refractivity contribution is 0.102. The average Bonchev–Trinajstić information content (AvgIpc) is 3.24. The van der Waals surface area contributed by atoms with E-state index >= 15 is 0 Å². The molecule has 7 nitrogen and oxygen atoms in total. The monoisotopic (exact) mass is 473 g/mol. The topological polar surface area (TPSA) is 88.9 Å². The number of hydrogen-bond acceptors (Lipinski definition) is 6. The van der Waals surface area contributed by atoms with Crippen LogP contribution in [0.25, 0.3) is 21.1 Å². The predicted molar refractivity (Wildman–Crippen MR) is 134 cm³/mol. The van der Waals surface area contributed by atoms with Crippen molar-refractivity contribution >= 4 is 55.8 Å². The number of fused-ring (bicyclic) bond motifs is 2. The molecule has 0 aliphatic heterocycles. The number of rotatable bonds is 5. The number of aryl methyl sites for hydroxylation is 2. The van der Waals surface area contributed by atoms with E-state index in [4.69, 9.17) is 4.98 Å². The van der Waals surface area contributed by atoms with Crippen molar-refractivity contribution in [2.45, 2.75) is 20.4 Å². The Morgan fingerprint density at radius 3 is 2.71 bits per heavy atom. The highest BCUT2D eigenvalue weighted by atomic mass is 32.1. The number of benzene rings is 2. The fourth-order valence-corrected chi connectivity index (χ4v) is 4.58. The molecule has 2 N–H and O–H groups in total. The molecule has 0 saturated carbocycles. The third-order valence-corrected chi connectivity index (χ3v) is 6.41. The summed E-state index contributed by atoms with van der Waals surface area (Å²) in [5, 5.41) is 6.60. The first kappa shape index (κ1) is 21.7. The van der Waals surface area contributed by atoms with Crippen molar-refractivity contribution in [3.05, 3.63) is 88.1 Å². The van der Waals surface area contributed by atoms with Crippen LogP contribution in [0.5, 0.6) is 0 Å². The first-order valence-electron chi connectivity index (χ1n) is 10.7. The molecule has 34 heavy (non-hydrogen) atoms. The van der Waals surface area contributed by atoms with Crippen LogP contribution in [-0.4, -0.2) is 19.8 Å². The zero-order valence-corrected chi connectivity index (χ0v) is 19.2. The van der Waals surface area contributed by atoms with E-state index in [0.29, 0.717) is 39.2 Å². The van der Waals surface area contributed by atoms with Crippen molar-refractivity contribution in [1.29, 1.82) is 0 Å². The van der Waals surface area contributed by atoms with Crippen LogP contribution < -0.4 is 16.2 Å². The van der Waals surface area contributed by atoms with Gasteiger partial charge < -0.3 is 15.2 Å². The van der Waals surface area contributed by atoms with Gasteiger partial charge in [0.15, 0.2) is 5.82 Å². The first-order chi connectivity index (χ1) is 16.4. The van der Waals surface area contributed by atoms with Crippen LogP contribution in [0.2, 0.25) is 0 Å². The van der Waals surface area contributed by atoms with E-state index in [1.54, 1.807) is 22.8 Å². The van der Waals surface area contributed by atoms with Crippen molar-refractivity contribution in [3.63, 3.8) is 0 Å². The maximum absolute atomic E-state index is 13.8. The Labute approximate surface area is 198 Å². The van der Waals surface area contributed by atoms with Crippen LogP contribution in [0.4, 0.5) is 21.6 Å². The van der Waals surface area contributed by atoms with Crippen LogP contribution in [0, 0.1) is 12.7 Å². The highest BCUT2D eigenvalue weighted by Gasteiger charge is 2.19. The van der Waals surface area contributed by atoms with Gasteiger partial charge in [0.05, 0.1) is 21.4 Å². The fraction of sp³-hybridized carbons (Fsp3) is 0.120. The lowest BCUT2D eigenvalue weighted by atomic mass is 10.2. The minimum absolute atomic E-state index is 0.127. The smallest absolute Gasteiger partial charge is 0.276 e. The number of anilines is 3. The summed E-state index contributed by atoms with van der Waals surface area (Å²) in [5.74, 6) is -0.516. The molecule has 3 aromatic heterocycles. The number of aromatic nitrogens is 3. The van der Waals surface area contributed by atoms with E-state index in [2.05, 4.69) is 15.0 Å². The molecule has 9 heteroatoms. The maximum Gasteiger partial charge on any atom is 0.276 e. The third-order valence-electron chi connectivity index (χ3n) is 5.58. The Morgan fingerprint density at radius 1 is 1.09 bits per heavy atom. The minimum atomic E-state index is -0.493. The number of amides is 1. The van der Waals surface area contributed by atoms with Gasteiger partial charge in [0.2, 0.25) is 0 Å². The fourth-order valence-electron chi connectivity index (χ4n) is 3.83. The molecule has 3 heterocycles. The Morgan fingerprint density at radius 2 is 1.91 bits per heavy atom. The first-order valence-corrected chi connectivity index (χ1v) is 11.5. The summed E-state index contributed by atoms with van der Waals surface area (Å²) in [6, 6.07) is 16.8. The number of carbonyl (C=O) groups excluding carboxylic acids is 1. The van der Waals surface area contributed by atoms with Crippen LogP contribution in [0.15, 0.2) is 65.5 Å². The van der Waals surface area contributed by atoms with Crippen LogP contribution in [0.1, 0.15) is 23.0 Å². The molecule has 1 amide bonds. The number of halogens is 1. The summed E-state index contributed by atoms with van der Waals surface area (Å²) in [6.07, 6.45) is 0. The van der Waals surface area contributed by atoms with E-state index in [1.165, 1.54) is 18.2 Å². The Hall–Kier alpha value is -4.11. The minimum Gasteiger partial charge on any atom is -0.338 e. The Bertz CT molecular complexity index is 1630. The van der Waals surface area contributed by atoms with Crippen LogP contribution >= 0.6 is 11.5 Å². The second-order valence-electron chi connectivity index (χ2n) is 7.77. The molecule has 0 unspecified atom stereocenters. The molecule has 2 aromatic carbocycles. The number of nitrogens with one attached hydrogen (secondary N) is 2. The van der Waals surface area contributed by atoms with Gasteiger partial charge in [-0.15, -0.1) is 0 Å². The third kappa shape index (κ3) is 3.90. The van der Waals surface area contributed by atoms with Gasteiger partial charge >= 0.3 is 0 Å². The molecular weight excluding hydrogens is 453 g/mol. The molecule has 0 saturated heterocycles. The van der Waals surface area contributed by atoms with E-state index in [9.17, 15) is 14.0 Å². The van der Waals surface area contributed by atoms with Crippen molar-refractivity contribution < 1.29 is 9.18 Å². The zero-order chi connectivity index (χ0) is 23.8. The van der Waals surface area contributed by atoms with Gasteiger partial charge in [-0.05, 0) is 67.3 Å². The second-order valence-corrected chi connectivity index (χ2v) is 8.58. The SMILES string of the molecule is CCn1c(=O)ccc2nc(Nc3ccccc3C)c(NC(=O)c3nsc4ccc(F)cc34)cc21. The summed E-state index contributed by atoms with van der Waals surface area (Å²) in [6.45, 7) is 4.28. The van der Waals surface area contributed by atoms with Gasteiger partial charge in [-0.3, -0.25) is 9.59 Å². The molecule has 0 spiro atoms. The van der Waals surface area contributed by atoms with Gasteiger partial charge in [0, 0.05) is 23.7 Å². The number of nitrogens with zero attached hydrogens (tertiary/aromatic N) is 3. The standard InChI is InChI=1S/C25H20FN5O2S/c1-3-31-20-13-19(29-25(33)23-16-12-15(26)8-10-21(16)34-30-23)24(28-18(20)9-11-22(31)32)27-17-7-5-4-6-14(17)2/h4-13H,3H2,1-2H3,(H,27,28)(H,29,33). The normalized spacial score (nSPS) is 11.1. The number of para-hydroxylation sites is 1. The molecule has 0 aliphatic carbocycles. The number of carbonyl (C=O) groups is 1. The predicted octanol–water partition coefficient (Wildman–Crippen LogP) is 5.47. The highest BCUT2D eigenvalue weighted by Crippen LogP contribution is 2.30. The molecular formula is C25H20FN5O2S. The lowest BCUT2D eigenvalue weighted by Crippen LogP contribution is -2.20. The Balaban J connectivity index is 1.63. The van der Waals surface area contributed by atoms with Gasteiger partial charge in [-0.25, -0.2) is 9.37 Å². The average molecular weight is 474 g/mol. The van der Waals surface area contributed by atoms with E-state index in [-0.39, 0.29) is 11.3 Å².